The fourth-order valence-electron chi connectivity index (χ4n) is 0.559. The summed E-state index contributed by atoms with van der Waals surface area (Å²) in [5, 5.41) is 0.946. The van der Waals surface area contributed by atoms with Gasteiger partial charge in [-0.25, -0.2) is 4.98 Å². The topological polar surface area (TPSA) is 12.9 Å². The van der Waals surface area contributed by atoms with Gasteiger partial charge >= 0.3 is 0 Å². The Labute approximate surface area is 83.2 Å². The molecule has 0 bridgehead atoms. The number of allylic oxidation sites excluding steroid dienone is 1. The van der Waals surface area contributed by atoms with Gasteiger partial charge in [0.15, 0.2) is 0 Å². The molecule has 0 N–H and O–H groups in total. The van der Waals surface area contributed by atoms with Gasteiger partial charge in [-0.3, -0.25) is 0 Å². The molecule has 1 unspecified atom stereocenters. The second kappa shape index (κ2) is 4.24. The lowest BCUT2D eigenvalue weighted by Gasteiger charge is -1.87. The minimum Gasteiger partial charge on any atom is -0.244 e. The van der Waals surface area contributed by atoms with Crippen molar-refractivity contribution in [3.63, 3.8) is 0 Å². The SMILES string of the molecule is CC(Br)/C=C/c1ncc(Cl)s1. The summed E-state index contributed by atoms with van der Waals surface area (Å²) in [6, 6.07) is 0. The average Bonchev–Trinajstić information content (AvgIpc) is 2.31. The van der Waals surface area contributed by atoms with Crippen molar-refractivity contribution in [1.29, 1.82) is 0 Å². The Bertz CT molecular complexity index is 257. The maximum absolute atomic E-state index is 5.69. The molecule has 1 aromatic heterocycles. The molecule has 0 aliphatic carbocycles. The first-order valence-corrected chi connectivity index (χ1v) is 5.23. The van der Waals surface area contributed by atoms with Gasteiger partial charge in [-0.1, -0.05) is 33.6 Å². The van der Waals surface area contributed by atoms with E-state index in [9.17, 15) is 0 Å². The third-order valence-electron chi connectivity index (χ3n) is 0.999. The first-order chi connectivity index (χ1) is 5.18. The van der Waals surface area contributed by atoms with Gasteiger partial charge < -0.3 is 0 Å². The first kappa shape index (κ1) is 9.23. The molecule has 0 saturated carbocycles. The Balaban J connectivity index is 2.64. The predicted octanol–water partition coefficient (Wildman–Crippen LogP) is 3.59. The molecule has 11 heavy (non-hydrogen) atoms. The van der Waals surface area contributed by atoms with Crippen LogP contribution in [0.3, 0.4) is 0 Å². The Kier molecular flexibility index (Phi) is 3.55. The number of thiazole rings is 1. The second-order valence-electron chi connectivity index (χ2n) is 2.04. The minimum atomic E-state index is 0.380. The number of rotatable bonds is 2. The summed E-state index contributed by atoms with van der Waals surface area (Å²) < 4.78 is 0.729. The second-order valence-corrected chi connectivity index (χ2v) is 5.18. The molecule has 1 rings (SSSR count). The van der Waals surface area contributed by atoms with E-state index in [1.807, 2.05) is 19.1 Å². The molecule has 0 aliphatic rings. The Morgan fingerprint density at radius 2 is 2.55 bits per heavy atom. The molecule has 0 spiro atoms. The van der Waals surface area contributed by atoms with Crippen LogP contribution in [0.4, 0.5) is 0 Å². The highest BCUT2D eigenvalue weighted by molar-refractivity contribution is 9.09. The fourth-order valence-corrected chi connectivity index (χ4v) is 1.55. The van der Waals surface area contributed by atoms with E-state index in [-0.39, 0.29) is 0 Å². The van der Waals surface area contributed by atoms with Crippen molar-refractivity contribution in [3.05, 3.63) is 21.6 Å². The molecule has 4 heteroatoms. The molecular formula is C7H7BrClNS. The third-order valence-corrected chi connectivity index (χ3v) is 2.38. The highest BCUT2D eigenvalue weighted by Crippen LogP contribution is 2.19. The van der Waals surface area contributed by atoms with E-state index in [1.165, 1.54) is 11.3 Å². The lowest BCUT2D eigenvalue weighted by Crippen LogP contribution is -1.78. The van der Waals surface area contributed by atoms with Gasteiger partial charge in [-0.05, 0) is 13.0 Å². The molecule has 0 amide bonds. The third kappa shape index (κ3) is 3.36. The van der Waals surface area contributed by atoms with Crippen LogP contribution in [0.5, 0.6) is 0 Å². The molecule has 1 nitrogen and oxygen atoms in total. The van der Waals surface area contributed by atoms with Gasteiger partial charge in [-0.2, -0.15) is 0 Å². The number of halogens is 2. The summed E-state index contributed by atoms with van der Waals surface area (Å²) in [6.07, 6.45) is 5.63. The number of nitrogens with zero attached hydrogens (tertiary/aromatic N) is 1. The van der Waals surface area contributed by atoms with Crippen molar-refractivity contribution in [1.82, 2.24) is 4.98 Å². The number of aromatic nitrogens is 1. The van der Waals surface area contributed by atoms with Crippen molar-refractivity contribution in [2.45, 2.75) is 11.8 Å². The highest BCUT2D eigenvalue weighted by Gasteiger charge is 1.94. The lowest BCUT2D eigenvalue weighted by molar-refractivity contribution is 1.28. The van der Waals surface area contributed by atoms with Crippen molar-refractivity contribution in [3.8, 4) is 0 Å². The van der Waals surface area contributed by atoms with E-state index < -0.39 is 0 Å². The van der Waals surface area contributed by atoms with Crippen LogP contribution < -0.4 is 0 Å². The number of hydrogen-bond acceptors (Lipinski definition) is 2. The molecule has 0 aliphatic heterocycles. The van der Waals surface area contributed by atoms with Crippen LogP contribution in [-0.4, -0.2) is 9.81 Å². The molecule has 1 atom stereocenters. The van der Waals surface area contributed by atoms with Crippen molar-refractivity contribution < 1.29 is 0 Å². The molecule has 1 aromatic rings. The van der Waals surface area contributed by atoms with Gasteiger partial charge in [0, 0.05) is 4.83 Å². The summed E-state index contributed by atoms with van der Waals surface area (Å²) in [7, 11) is 0. The standard InChI is InChI=1S/C7H7BrClNS/c1-5(8)2-3-7-10-4-6(9)11-7/h2-5H,1H3/b3-2+. The maximum atomic E-state index is 5.69. The van der Waals surface area contributed by atoms with E-state index in [1.54, 1.807) is 6.20 Å². The molecule has 60 valence electrons. The van der Waals surface area contributed by atoms with Crippen LogP contribution in [0.15, 0.2) is 12.3 Å². The van der Waals surface area contributed by atoms with E-state index >= 15 is 0 Å². The zero-order valence-electron chi connectivity index (χ0n) is 5.92. The number of alkyl halides is 1. The normalized spacial score (nSPS) is 14.1. The van der Waals surface area contributed by atoms with Gasteiger partial charge in [0.1, 0.15) is 9.34 Å². The highest BCUT2D eigenvalue weighted by atomic mass is 79.9. The van der Waals surface area contributed by atoms with Crippen LogP contribution in [0.2, 0.25) is 4.34 Å². The Hall–Kier alpha value is 0.140. The van der Waals surface area contributed by atoms with E-state index in [2.05, 4.69) is 20.9 Å². The van der Waals surface area contributed by atoms with E-state index in [0.29, 0.717) is 4.83 Å². The molecule has 0 fully saturated rings. The first-order valence-electron chi connectivity index (χ1n) is 3.12. The van der Waals surface area contributed by atoms with Crippen molar-refractivity contribution in [2.75, 3.05) is 0 Å². The largest absolute Gasteiger partial charge is 0.244 e. The van der Waals surface area contributed by atoms with Crippen LogP contribution in [-0.2, 0) is 0 Å². The monoisotopic (exact) mass is 251 g/mol. The molecule has 1 heterocycles. The van der Waals surface area contributed by atoms with Gasteiger partial charge in [-0.15, -0.1) is 11.3 Å². The maximum Gasteiger partial charge on any atom is 0.117 e. The van der Waals surface area contributed by atoms with E-state index in [0.717, 1.165) is 9.34 Å². The van der Waals surface area contributed by atoms with Gasteiger partial charge in [0.25, 0.3) is 0 Å². The minimum absolute atomic E-state index is 0.380. The van der Waals surface area contributed by atoms with Crippen LogP contribution in [0.25, 0.3) is 6.08 Å². The summed E-state index contributed by atoms with van der Waals surface area (Å²) in [4.78, 5) is 4.45. The van der Waals surface area contributed by atoms with Gasteiger partial charge in [0.05, 0.1) is 6.20 Å². The van der Waals surface area contributed by atoms with Crippen molar-refractivity contribution in [2.24, 2.45) is 0 Å². The molecule has 0 radical (unpaired) electrons. The summed E-state index contributed by atoms with van der Waals surface area (Å²) in [5.74, 6) is 0. The predicted molar refractivity (Wildman–Crippen MR) is 54.5 cm³/mol. The number of hydrogen-bond donors (Lipinski definition) is 0. The van der Waals surface area contributed by atoms with Crippen LogP contribution in [0, 0.1) is 0 Å². The smallest absolute Gasteiger partial charge is 0.117 e. The fraction of sp³-hybridized carbons (Fsp3) is 0.286. The Morgan fingerprint density at radius 1 is 1.82 bits per heavy atom. The summed E-state index contributed by atoms with van der Waals surface area (Å²) >= 11 is 10.6. The molecule has 0 saturated heterocycles. The zero-order chi connectivity index (χ0) is 8.27. The Morgan fingerprint density at radius 3 is 3.00 bits per heavy atom. The van der Waals surface area contributed by atoms with Gasteiger partial charge in [0.2, 0.25) is 0 Å². The summed E-state index contributed by atoms with van der Waals surface area (Å²) in [5.41, 5.74) is 0. The van der Waals surface area contributed by atoms with E-state index in [4.69, 9.17) is 11.6 Å². The molecule has 0 aromatic carbocycles. The quantitative estimate of drug-likeness (QED) is 0.733. The molecular weight excluding hydrogens is 246 g/mol. The summed E-state index contributed by atoms with van der Waals surface area (Å²) in [6.45, 7) is 2.05. The zero-order valence-corrected chi connectivity index (χ0v) is 9.08. The lowest BCUT2D eigenvalue weighted by atomic mass is 10.4. The average molecular weight is 253 g/mol. The van der Waals surface area contributed by atoms with Crippen LogP contribution >= 0.6 is 38.9 Å². The van der Waals surface area contributed by atoms with Crippen molar-refractivity contribution >= 4 is 44.9 Å². The van der Waals surface area contributed by atoms with Crippen LogP contribution in [0.1, 0.15) is 11.9 Å².